The molecule has 1 rings (SSSR count). The van der Waals surface area contributed by atoms with Crippen molar-refractivity contribution < 1.29 is 14.3 Å². The summed E-state index contributed by atoms with van der Waals surface area (Å²) in [4.78, 5) is 24.6. The maximum Gasteiger partial charge on any atom is 0.408 e. The monoisotopic (exact) mass is 291 g/mol. The summed E-state index contributed by atoms with van der Waals surface area (Å²) in [6, 6.07) is 8.50. The molecular weight excluding hydrogens is 266 g/mol. The largest absolute Gasteiger partial charge is 0.444 e. The van der Waals surface area contributed by atoms with Crippen molar-refractivity contribution in [1.29, 1.82) is 0 Å². The number of hydrogen-bond acceptors (Lipinski definition) is 3. The van der Waals surface area contributed by atoms with E-state index in [1.807, 2.05) is 51.1 Å². The van der Waals surface area contributed by atoms with E-state index in [9.17, 15) is 9.59 Å². The van der Waals surface area contributed by atoms with E-state index in [2.05, 4.69) is 5.32 Å². The summed E-state index contributed by atoms with van der Waals surface area (Å²) < 4.78 is 5.25. The van der Waals surface area contributed by atoms with Crippen LogP contribution in [0.2, 0.25) is 0 Å². The highest BCUT2D eigenvalue weighted by Gasteiger charge is 2.32. The van der Waals surface area contributed by atoms with E-state index in [-0.39, 0.29) is 5.78 Å². The van der Waals surface area contributed by atoms with Gasteiger partial charge in [0.2, 0.25) is 0 Å². The van der Waals surface area contributed by atoms with E-state index >= 15 is 0 Å². The summed E-state index contributed by atoms with van der Waals surface area (Å²) in [5.41, 5.74) is -0.408. The number of rotatable bonds is 3. The molecule has 1 atom stereocenters. The Morgan fingerprint density at radius 1 is 1.00 bits per heavy atom. The predicted molar refractivity (Wildman–Crippen MR) is 83.0 cm³/mol. The Labute approximate surface area is 126 Å². The maximum atomic E-state index is 12.6. The van der Waals surface area contributed by atoms with Gasteiger partial charge >= 0.3 is 6.09 Å². The molecule has 1 amide bonds. The molecule has 116 valence electrons. The van der Waals surface area contributed by atoms with E-state index in [1.54, 1.807) is 20.8 Å². The van der Waals surface area contributed by atoms with E-state index in [1.165, 1.54) is 0 Å². The molecule has 0 spiro atoms. The number of alkyl carbamates (subject to hydrolysis) is 1. The smallest absolute Gasteiger partial charge is 0.408 e. The van der Waals surface area contributed by atoms with Crippen molar-refractivity contribution in [2.45, 2.75) is 53.2 Å². The number of nitrogens with one attached hydrogen (secondary N) is 1. The molecule has 0 aliphatic rings. The molecule has 0 bridgehead atoms. The minimum Gasteiger partial charge on any atom is -0.444 e. The van der Waals surface area contributed by atoms with Gasteiger partial charge in [-0.3, -0.25) is 4.79 Å². The van der Waals surface area contributed by atoms with Crippen LogP contribution in [-0.4, -0.2) is 17.5 Å². The van der Waals surface area contributed by atoms with Crippen LogP contribution < -0.4 is 5.32 Å². The molecule has 21 heavy (non-hydrogen) atoms. The third kappa shape index (κ3) is 5.58. The first-order valence-electron chi connectivity index (χ1n) is 7.09. The zero-order chi connectivity index (χ0) is 16.3. The molecule has 4 heteroatoms. The maximum absolute atomic E-state index is 12.6. The van der Waals surface area contributed by atoms with Crippen molar-refractivity contribution in [3.8, 4) is 0 Å². The minimum absolute atomic E-state index is 0.0560. The van der Waals surface area contributed by atoms with Crippen LogP contribution in [0.15, 0.2) is 30.3 Å². The minimum atomic E-state index is -0.707. The van der Waals surface area contributed by atoms with Gasteiger partial charge in [0.25, 0.3) is 0 Å². The topological polar surface area (TPSA) is 55.4 Å². The second-order valence-electron chi connectivity index (χ2n) is 7.10. The third-order valence-corrected chi connectivity index (χ3v) is 2.80. The highest BCUT2D eigenvalue weighted by Crippen LogP contribution is 2.26. The normalized spacial score (nSPS) is 13.4. The molecule has 0 aromatic heterocycles. The lowest BCUT2D eigenvalue weighted by Crippen LogP contribution is -2.41. The van der Waals surface area contributed by atoms with Crippen LogP contribution in [0.3, 0.4) is 0 Å². The molecule has 1 N–H and O–H groups in total. The summed E-state index contributed by atoms with van der Waals surface area (Å²) >= 11 is 0. The molecule has 0 aliphatic heterocycles. The van der Waals surface area contributed by atoms with Crippen LogP contribution in [0, 0.1) is 5.41 Å². The van der Waals surface area contributed by atoms with Crippen LogP contribution in [0.5, 0.6) is 0 Å². The van der Waals surface area contributed by atoms with Crippen LogP contribution in [-0.2, 0) is 9.53 Å². The fraction of sp³-hybridized carbons (Fsp3) is 0.529. The van der Waals surface area contributed by atoms with Crippen LogP contribution in [0.25, 0.3) is 0 Å². The second-order valence-corrected chi connectivity index (χ2v) is 7.10. The van der Waals surface area contributed by atoms with Crippen LogP contribution in [0.4, 0.5) is 4.79 Å². The van der Waals surface area contributed by atoms with Gasteiger partial charge in [-0.25, -0.2) is 4.79 Å². The SMILES string of the molecule is CC(C)(C)OC(=O)N[C@@H](C(=O)C(C)(C)C)c1ccccc1. The number of amides is 1. The van der Waals surface area contributed by atoms with Crippen molar-refractivity contribution in [1.82, 2.24) is 5.32 Å². The van der Waals surface area contributed by atoms with Crippen LogP contribution >= 0.6 is 0 Å². The Morgan fingerprint density at radius 3 is 1.95 bits per heavy atom. The number of carbonyl (C=O) groups excluding carboxylic acids is 2. The van der Waals surface area contributed by atoms with Gasteiger partial charge < -0.3 is 10.1 Å². The third-order valence-electron chi connectivity index (χ3n) is 2.80. The second kappa shape index (κ2) is 6.29. The Morgan fingerprint density at radius 2 is 1.52 bits per heavy atom. The van der Waals surface area contributed by atoms with E-state index < -0.39 is 23.2 Å². The lowest BCUT2D eigenvalue weighted by atomic mass is 9.84. The zero-order valence-corrected chi connectivity index (χ0v) is 13.7. The highest BCUT2D eigenvalue weighted by atomic mass is 16.6. The number of ether oxygens (including phenoxy) is 1. The summed E-state index contributed by atoms with van der Waals surface area (Å²) in [5.74, 6) is -0.0560. The first-order valence-corrected chi connectivity index (χ1v) is 7.09. The van der Waals surface area contributed by atoms with Gasteiger partial charge in [0.1, 0.15) is 11.6 Å². The Bertz CT molecular complexity index is 495. The number of ketones is 1. The predicted octanol–water partition coefficient (Wildman–Crippen LogP) is 3.87. The number of benzene rings is 1. The van der Waals surface area contributed by atoms with Crippen molar-refractivity contribution in [2.24, 2.45) is 5.41 Å². The lowest BCUT2D eigenvalue weighted by Gasteiger charge is -2.27. The fourth-order valence-electron chi connectivity index (χ4n) is 1.80. The van der Waals surface area contributed by atoms with Crippen molar-refractivity contribution in [2.75, 3.05) is 0 Å². The van der Waals surface area contributed by atoms with Crippen LogP contribution in [0.1, 0.15) is 53.1 Å². The van der Waals surface area contributed by atoms with Crippen molar-refractivity contribution in [3.05, 3.63) is 35.9 Å². The standard InChI is InChI=1S/C17H25NO3/c1-16(2,3)14(19)13(12-10-8-7-9-11-12)18-15(20)21-17(4,5)6/h7-11,13H,1-6H3,(H,18,20)/t13-/m1/s1. The summed E-state index contributed by atoms with van der Waals surface area (Å²) in [5, 5.41) is 2.69. The lowest BCUT2D eigenvalue weighted by molar-refractivity contribution is -0.128. The Kier molecular flexibility index (Phi) is 5.15. The molecule has 0 saturated carbocycles. The molecule has 0 radical (unpaired) electrons. The van der Waals surface area contributed by atoms with Crippen molar-refractivity contribution >= 4 is 11.9 Å². The number of Topliss-reactive ketones (excluding diaryl/α,β-unsaturated/α-hetero) is 1. The summed E-state index contributed by atoms with van der Waals surface area (Å²) in [6.45, 7) is 10.9. The number of carbonyl (C=O) groups is 2. The zero-order valence-electron chi connectivity index (χ0n) is 13.7. The molecule has 1 aromatic carbocycles. The molecule has 1 aromatic rings. The Balaban J connectivity index is 2.99. The Hall–Kier alpha value is -1.84. The average molecular weight is 291 g/mol. The van der Waals surface area contributed by atoms with Gasteiger partial charge in [0.15, 0.2) is 5.78 Å². The van der Waals surface area contributed by atoms with Gasteiger partial charge in [-0.15, -0.1) is 0 Å². The number of hydrogen-bond donors (Lipinski definition) is 1. The first kappa shape index (κ1) is 17.2. The van der Waals surface area contributed by atoms with Gasteiger partial charge in [-0.1, -0.05) is 51.1 Å². The highest BCUT2D eigenvalue weighted by molar-refractivity contribution is 5.92. The van der Waals surface area contributed by atoms with Gasteiger partial charge in [0.05, 0.1) is 0 Å². The molecule has 0 saturated heterocycles. The van der Waals surface area contributed by atoms with E-state index in [0.717, 1.165) is 5.56 Å². The van der Waals surface area contributed by atoms with Gasteiger partial charge in [0, 0.05) is 5.41 Å². The molecular formula is C17H25NO3. The fourth-order valence-corrected chi connectivity index (χ4v) is 1.80. The molecule has 4 nitrogen and oxygen atoms in total. The molecule has 0 unspecified atom stereocenters. The van der Waals surface area contributed by atoms with Crippen molar-refractivity contribution in [3.63, 3.8) is 0 Å². The van der Waals surface area contributed by atoms with Gasteiger partial charge in [-0.05, 0) is 26.3 Å². The molecule has 0 heterocycles. The quantitative estimate of drug-likeness (QED) is 0.919. The van der Waals surface area contributed by atoms with E-state index in [4.69, 9.17) is 4.74 Å². The summed E-state index contributed by atoms with van der Waals surface area (Å²) in [7, 11) is 0. The summed E-state index contributed by atoms with van der Waals surface area (Å²) in [6.07, 6.45) is -0.589. The van der Waals surface area contributed by atoms with Gasteiger partial charge in [-0.2, -0.15) is 0 Å². The first-order chi connectivity index (χ1) is 9.50. The molecule has 0 fully saturated rings. The average Bonchev–Trinajstić information content (AvgIpc) is 2.33. The van der Waals surface area contributed by atoms with E-state index in [0.29, 0.717) is 0 Å². The molecule has 0 aliphatic carbocycles.